The lowest BCUT2D eigenvalue weighted by Crippen LogP contribution is -2.16. The second kappa shape index (κ2) is 2.93. The standard InChI is InChI=1S/C4H6N4O2/c5-8-7-2-3-1-6-4(9)10-3/h3H,1-2H2,(H,6,9). The molecule has 0 aromatic rings. The molecule has 6 heteroatoms. The van der Waals surface area contributed by atoms with Crippen molar-refractivity contribution in [3.63, 3.8) is 0 Å². The Morgan fingerprint density at radius 3 is 3.30 bits per heavy atom. The highest BCUT2D eigenvalue weighted by Gasteiger charge is 2.20. The van der Waals surface area contributed by atoms with Crippen molar-refractivity contribution in [2.24, 2.45) is 5.11 Å². The Morgan fingerprint density at radius 2 is 2.80 bits per heavy atom. The molecule has 0 spiro atoms. The molecular weight excluding hydrogens is 136 g/mol. The predicted molar refractivity (Wildman–Crippen MR) is 32.3 cm³/mol. The minimum atomic E-state index is -0.446. The van der Waals surface area contributed by atoms with Gasteiger partial charge in [-0.3, -0.25) is 0 Å². The summed E-state index contributed by atoms with van der Waals surface area (Å²) in [7, 11) is 0. The first-order valence-corrected chi connectivity index (χ1v) is 2.78. The number of cyclic esters (lactones) is 1. The molecule has 0 bridgehead atoms. The highest BCUT2D eigenvalue weighted by Crippen LogP contribution is 1.99. The van der Waals surface area contributed by atoms with Crippen LogP contribution in [0.15, 0.2) is 5.11 Å². The molecule has 1 aliphatic rings. The van der Waals surface area contributed by atoms with Crippen LogP contribution in [0.4, 0.5) is 4.79 Å². The van der Waals surface area contributed by atoms with E-state index in [2.05, 4.69) is 20.1 Å². The fourth-order valence-corrected chi connectivity index (χ4v) is 0.661. The van der Waals surface area contributed by atoms with Crippen molar-refractivity contribution >= 4 is 6.09 Å². The van der Waals surface area contributed by atoms with Gasteiger partial charge >= 0.3 is 6.09 Å². The Hall–Kier alpha value is -1.42. The molecule has 0 saturated carbocycles. The number of hydrogen-bond acceptors (Lipinski definition) is 3. The second-order valence-electron chi connectivity index (χ2n) is 1.82. The van der Waals surface area contributed by atoms with Crippen LogP contribution in [0.3, 0.4) is 0 Å². The third-order valence-corrected chi connectivity index (χ3v) is 1.10. The number of ether oxygens (including phenoxy) is 1. The van der Waals surface area contributed by atoms with Crippen LogP contribution in [-0.2, 0) is 4.74 Å². The number of rotatable bonds is 2. The first-order chi connectivity index (χ1) is 4.83. The number of azide groups is 1. The van der Waals surface area contributed by atoms with Gasteiger partial charge in [0.1, 0.15) is 6.10 Å². The summed E-state index contributed by atoms with van der Waals surface area (Å²) in [6, 6.07) is 0. The summed E-state index contributed by atoms with van der Waals surface area (Å²) in [5.41, 5.74) is 7.89. The molecule has 10 heavy (non-hydrogen) atoms. The van der Waals surface area contributed by atoms with Crippen LogP contribution < -0.4 is 5.32 Å². The van der Waals surface area contributed by atoms with Crippen LogP contribution >= 0.6 is 0 Å². The van der Waals surface area contributed by atoms with E-state index in [4.69, 9.17) is 5.53 Å². The van der Waals surface area contributed by atoms with E-state index in [0.29, 0.717) is 6.54 Å². The molecular formula is C4H6N4O2. The fourth-order valence-electron chi connectivity index (χ4n) is 0.661. The van der Waals surface area contributed by atoms with E-state index < -0.39 is 6.09 Å². The lowest BCUT2D eigenvalue weighted by molar-refractivity contribution is 0.144. The Bertz CT molecular complexity index is 186. The van der Waals surface area contributed by atoms with Gasteiger partial charge in [0.15, 0.2) is 0 Å². The van der Waals surface area contributed by atoms with E-state index in [1.54, 1.807) is 0 Å². The highest BCUT2D eigenvalue weighted by atomic mass is 16.6. The van der Waals surface area contributed by atoms with Crippen molar-refractivity contribution in [3.05, 3.63) is 10.4 Å². The van der Waals surface area contributed by atoms with E-state index in [0.717, 1.165) is 0 Å². The van der Waals surface area contributed by atoms with E-state index in [1.165, 1.54) is 0 Å². The number of nitrogens with zero attached hydrogens (tertiary/aromatic N) is 3. The number of hydrogen-bond donors (Lipinski definition) is 1. The SMILES string of the molecule is [N-]=[N+]=NCC1CNC(=O)O1. The number of alkyl carbamates (subject to hydrolysis) is 1. The number of carbonyl (C=O) groups excluding carboxylic acids is 1. The summed E-state index contributed by atoms with van der Waals surface area (Å²) in [6.45, 7) is 0.632. The Labute approximate surface area is 56.8 Å². The quantitative estimate of drug-likeness (QED) is 0.343. The zero-order valence-electron chi connectivity index (χ0n) is 5.15. The van der Waals surface area contributed by atoms with Gasteiger partial charge in [-0.15, -0.1) is 0 Å². The lowest BCUT2D eigenvalue weighted by Gasteiger charge is -1.99. The monoisotopic (exact) mass is 142 g/mol. The molecule has 1 aliphatic heterocycles. The van der Waals surface area contributed by atoms with Crippen LogP contribution in [0.2, 0.25) is 0 Å². The maximum atomic E-state index is 10.3. The van der Waals surface area contributed by atoms with Gasteiger partial charge in [0, 0.05) is 4.91 Å². The number of nitrogens with one attached hydrogen (secondary N) is 1. The van der Waals surface area contributed by atoms with Crippen LogP contribution in [-0.4, -0.2) is 25.3 Å². The lowest BCUT2D eigenvalue weighted by atomic mass is 10.4. The van der Waals surface area contributed by atoms with E-state index in [9.17, 15) is 4.79 Å². The van der Waals surface area contributed by atoms with Crippen molar-refractivity contribution in [2.75, 3.05) is 13.1 Å². The molecule has 0 aliphatic carbocycles. The summed E-state index contributed by atoms with van der Waals surface area (Å²) < 4.78 is 4.65. The average molecular weight is 142 g/mol. The number of carbonyl (C=O) groups is 1. The first kappa shape index (κ1) is 6.70. The van der Waals surface area contributed by atoms with Crippen LogP contribution in [0.1, 0.15) is 0 Å². The summed E-state index contributed by atoms with van der Waals surface area (Å²) in [5, 5.41) is 5.69. The van der Waals surface area contributed by atoms with Gasteiger partial charge in [-0.05, 0) is 5.53 Å². The molecule has 0 aromatic carbocycles. The third kappa shape index (κ3) is 1.53. The molecule has 1 amide bonds. The van der Waals surface area contributed by atoms with E-state index in [-0.39, 0.29) is 12.6 Å². The average Bonchev–Trinajstić information content (AvgIpc) is 2.31. The molecule has 1 N–H and O–H groups in total. The molecule has 1 fully saturated rings. The molecule has 6 nitrogen and oxygen atoms in total. The summed E-state index contributed by atoms with van der Waals surface area (Å²) in [6.07, 6.45) is -0.735. The maximum absolute atomic E-state index is 10.3. The van der Waals surface area contributed by atoms with Gasteiger partial charge < -0.3 is 10.1 Å². The molecule has 1 unspecified atom stereocenters. The Balaban J connectivity index is 2.31. The Kier molecular flexibility index (Phi) is 1.96. The third-order valence-electron chi connectivity index (χ3n) is 1.10. The molecule has 1 rings (SSSR count). The molecule has 1 atom stereocenters. The first-order valence-electron chi connectivity index (χ1n) is 2.78. The van der Waals surface area contributed by atoms with Crippen LogP contribution in [0.5, 0.6) is 0 Å². The van der Waals surface area contributed by atoms with Gasteiger partial charge in [-0.1, -0.05) is 5.11 Å². The largest absolute Gasteiger partial charge is 0.444 e. The zero-order chi connectivity index (χ0) is 7.40. The molecule has 0 radical (unpaired) electrons. The minimum absolute atomic E-state index is 0.204. The Morgan fingerprint density at radius 1 is 2.00 bits per heavy atom. The molecule has 1 heterocycles. The van der Waals surface area contributed by atoms with E-state index in [1.807, 2.05) is 0 Å². The summed E-state index contributed by atoms with van der Waals surface area (Å²) in [5.74, 6) is 0. The van der Waals surface area contributed by atoms with Gasteiger partial charge in [-0.2, -0.15) is 0 Å². The molecule has 0 aromatic heterocycles. The fraction of sp³-hybridized carbons (Fsp3) is 0.750. The van der Waals surface area contributed by atoms with Crippen LogP contribution in [0.25, 0.3) is 10.4 Å². The van der Waals surface area contributed by atoms with Crippen molar-refractivity contribution < 1.29 is 9.53 Å². The van der Waals surface area contributed by atoms with Crippen molar-refractivity contribution in [1.82, 2.24) is 5.32 Å². The van der Waals surface area contributed by atoms with Gasteiger partial charge in [0.05, 0.1) is 13.1 Å². The second-order valence-corrected chi connectivity index (χ2v) is 1.82. The molecule has 54 valence electrons. The van der Waals surface area contributed by atoms with Crippen molar-refractivity contribution in [3.8, 4) is 0 Å². The van der Waals surface area contributed by atoms with Crippen molar-refractivity contribution in [2.45, 2.75) is 6.10 Å². The van der Waals surface area contributed by atoms with Gasteiger partial charge in [-0.25, -0.2) is 4.79 Å². The highest BCUT2D eigenvalue weighted by molar-refractivity contribution is 5.69. The molecule has 1 saturated heterocycles. The smallest absolute Gasteiger partial charge is 0.407 e. The predicted octanol–water partition coefficient (Wildman–Crippen LogP) is 0.405. The normalized spacial score (nSPS) is 22.8. The van der Waals surface area contributed by atoms with Gasteiger partial charge in [0.25, 0.3) is 0 Å². The van der Waals surface area contributed by atoms with E-state index >= 15 is 0 Å². The topological polar surface area (TPSA) is 87.1 Å². The summed E-state index contributed by atoms with van der Waals surface area (Å²) >= 11 is 0. The summed E-state index contributed by atoms with van der Waals surface area (Å²) in [4.78, 5) is 12.9. The van der Waals surface area contributed by atoms with Gasteiger partial charge in [0.2, 0.25) is 0 Å². The zero-order valence-corrected chi connectivity index (χ0v) is 5.15. The van der Waals surface area contributed by atoms with Crippen LogP contribution in [0, 0.1) is 0 Å². The number of amides is 1. The minimum Gasteiger partial charge on any atom is -0.444 e. The van der Waals surface area contributed by atoms with Crippen molar-refractivity contribution in [1.29, 1.82) is 0 Å². The maximum Gasteiger partial charge on any atom is 0.407 e.